The van der Waals surface area contributed by atoms with Crippen LogP contribution in [-0.2, 0) is 19.2 Å². The molecule has 214 valence electrons. The number of hydrogen-bond donors (Lipinski definition) is 0. The Bertz CT molecular complexity index is 1550. The molecule has 0 radical (unpaired) electrons. The number of allylic oxidation sites excluding steroid dienone is 2. The number of carbonyl (C=O) groups is 4. The zero-order valence-corrected chi connectivity index (χ0v) is 26.1. The number of alkyl halides is 4. The van der Waals surface area contributed by atoms with Gasteiger partial charge in [-0.05, 0) is 55.0 Å². The topological polar surface area (TPSA) is 84.0 Å². The summed E-state index contributed by atoms with van der Waals surface area (Å²) in [5.74, 6) is -5.24. The third-order valence-corrected chi connectivity index (χ3v) is 12.6. The molecule has 2 aliphatic heterocycles. The zero-order chi connectivity index (χ0) is 29.8. The number of carbonyl (C=O) groups excluding carboxylic acids is 4. The van der Waals surface area contributed by atoms with Gasteiger partial charge < -0.3 is 9.64 Å². The Balaban J connectivity index is 1.21. The molecule has 2 bridgehead atoms. The molecule has 2 aromatic rings. The minimum absolute atomic E-state index is 0.0137. The highest BCUT2D eigenvalue weighted by Gasteiger charge is 2.87. The van der Waals surface area contributed by atoms with Crippen LogP contribution in [0, 0.1) is 24.7 Å². The van der Waals surface area contributed by atoms with Crippen molar-refractivity contribution in [3.8, 4) is 5.75 Å². The second kappa shape index (κ2) is 9.65. The van der Waals surface area contributed by atoms with Crippen molar-refractivity contribution in [1.29, 1.82) is 0 Å². The van der Waals surface area contributed by atoms with E-state index in [1.54, 1.807) is 31.2 Å². The number of rotatable bonds is 4. The van der Waals surface area contributed by atoms with Gasteiger partial charge >= 0.3 is 5.97 Å². The van der Waals surface area contributed by atoms with Crippen molar-refractivity contribution in [2.24, 2.45) is 17.8 Å². The maximum Gasteiger partial charge on any atom is 0.316 e. The van der Waals surface area contributed by atoms with E-state index in [1.165, 1.54) is 23.1 Å². The van der Waals surface area contributed by atoms with E-state index >= 15 is 0 Å². The van der Waals surface area contributed by atoms with Crippen LogP contribution in [0.3, 0.4) is 0 Å². The summed E-state index contributed by atoms with van der Waals surface area (Å²) in [5, 5.41) is 0.177. The van der Waals surface area contributed by atoms with Crippen molar-refractivity contribution in [3.63, 3.8) is 0 Å². The quantitative estimate of drug-likeness (QED) is 0.157. The maximum atomic E-state index is 13.7. The van der Waals surface area contributed by atoms with Crippen LogP contribution in [0.15, 0.2) is 52.5 Å². The van der Waals surface area contributed by atoms with Crippen LogP contribution in [0.2, 0.25) is 5.02 Å². The molecule has 0 aromatic heterocycles. The van der Waals surface area contributed by atoms with Crippen molar-refractivity contribution in [2.45, 2.75) is 27.4 Å². The lowest BCUT2D eigenvalue weighted by molar-refractivity contribution is -0.139. The summed E-state index contributed by atoms with van der Waals surface area (Å²) in [7, 11) is 0. The summed E-state index contributed by atoms with van der Waals surface area (Å²) < 4.78 is 3.54. The summed E-state index contributed by atoms with van der Waals surface area (Å²) in [6.45, 7) is 1.79. The van der Waals surface area contributed by atoms with Crippen LogP contribution in [-0.4, -0.2) is 44.3 Å². The average molecular weight is 698 g/mol. The Morgan fingerprint density at radius 3 is 1.98 bits per heavy atom. The molecule has 6 rings (SSSR count). The first kappa shape index (κ1) is 29.4. The zero-order valence-electron chi connectivity index (χ0n) is 20.8. The standard InChI is InChI=1S/C27H17Cl7N2O5/c1-11-8-15(41-24(40)12-9-17(37)35(10-12)14-4-2-13(28)3-5-14)6-7-16(11)36-22(38)18-19(23(36)39)26(32)21(30)20(29)25(18,31)27(26,33)34/h2-8,12,18-19H,9-10H2,1H3/t12-,18-,19+,25+,26+/m0/s1. The lowest BCUT2D eigenvalue weighted by Gasteiger charge is -2.34. The number of nitrogens with zero attached hydrogens (tertiary/aromatic N) is 2. The highest BCUT2D eigenvalue weighted by Crippen LogP contribution is 2.77. The molecule has 2 saturated heterocycles. The van der Waals surface area contributed by atoms with Gasteiger partial charge in [0.25, 0.3) is 0 Å². The van der Waals surface area contributed by atoms with E-state index in [4.69, 9.17) is 85.9 Å². The largest absolute Gasteiger partial charge is 0.426 e. The fourth-order valence-corrected chi connectivity index (χ4v) is 9.17. The summed E-state index contributed by atoms with van der Waals surface area (Å²) in [5.41, 5.74) is 1.29. The Labute approximate surface area is 269 Å². The molecular formula is C27H17Cl7N2O5. The summed E-state index contributed by atoms with van der Waals surface area (Å²) in [6.07, 6.45) is -0.0137. The second-order valence-electron chi connectivity index (χ2n) is 10.3. The number of benzene rings is 2. The molecule has 3 fully saturated rings. The number of fused-ring (bicyclic) bond motifs is 5. The third-order valence-electron chi connectivity index (χ3n) is 8.13. The molecule has 2 heterocycles. The first-order valence-electron chi connectivity index (χ1n) is 12.2. The number of halogens is 7. The molecule has 0 unspecified atom stereocenters. The molecule has 5 atom stereocenters. The molecule has 2 aliphatic carbocycles. The SMILES string of the molecule is Cc1cc(OC(=O)[C@H]2CC(=O)N(c3ccc(Cl)cc3)C2)ccc1N1C(=O)[C@@H]2[C@H](C1=O)[C@@]1(Cl)C(Cl)=C(Cl)[C@@]2(Cl)C1(Cl)Cl. The van der Waals surface area contributed by atoms with E-state index in [0.717, 1.165) is 4.90 Å². The number of esters is 1. The molecule has 14 heteroatoms. The van der Waals surface area contributed by atoms with Crippen LogP contribution in [0.25, 0.3) is 0 Å². The van der Waals surface area contributed by atoms with Gasteiger partial charge in [-0.15, -0.1) is 23.2 Å². The Morgan fingerprint density at radius 2 is 1.44 bits per heavy atom. The minimum Gasteiger partial charge on any atom is -0.426 e. The van der Waals surface area contributed by atoms with Crippen LogP contribution < -0.4 is 14.5 Å². The number of imide groups is 1. The number of ether oxygens (including phenoxy) is 1. The van der Waals surface area contributed by atoms with Gasteiger partial charge in [0.2, 0.25) is 17.7 Å². The molecule has 2 aromatic carbocycles. The van der Waals surface area contributed by atoms with Crippen molar-refractivity contribution in [3.05, 3.63) is 63.1 Å². The van der Waals surface area contributed by atoms with Gasteiger partial charge in [-0.3, -0.25) is 19.2 Å². The van der Waals surface area contributed by atoms with Crippen LogP contribution in [0.4, 0.5) is 11.4 Å². The first-order valence-corrected chi connectivity index (χ1v) is 14.9. The lowest BCUT2D eigenvalue weighted by Crippen LogP contribution is -2.50. The highest BCUT2D eigenvalue weighted by atomic mass is 35.5. The second-order valence-corrected chi connectivity index (χ2v) is 14.1. The molecule has 41 heavy (non-hydrogen) atoms. The summed E-state index contributed by atoms with van der Waals surface area (Å²) in [6, 6.07) is 11.1. The van der Waals surface area contributed by atoms with E-state index in [-0.39, 0.29) is 40.4 Å². The Kier molecular flexibility index (Phi) is 6.91. The normalized spacial score (nSPS) is 31.9. The number of anilines is 2. The molecule has 0 N–H and O–H groups in total. The minimum atomic E-state index is -2.03. The molecular weight excluding hydrogens is 680 g/mol. The van der Waals surface area contributed by atoms with Gasteiger partial charge in [0.05, 0.1) is 33.5 Å². The van der Waals surface area contributed by atoms with Crippen molar-refractivity contribution in [2.75, 3.05) is 16.3 Å². The smallest absolute Gasteiger partial charge is 0.316 e. The molecule has 3 amide bonds. The van der Waals surface area contributed by atoms with Crippen LogP contribution in [0.1, 0.15) is 12.0 Å². The van der Waals surface area contributed by atoms with Crippen molar-refractivity contribution < 1.29 is 23.9 Å². The van der Waals surface area contributed by atoms with Gasteiger partial charge in [-0.1, -0.05) is 58.0 Å². The van der Waals surface area contributed by atoms with Gasteiger partial charge in [0.15, 0.2) is 4.33 Å². The number of aryl methyl sites for hydroxylation is 1. The Hall–Kier alpha value is -1.71. The maximum absolute atomic E-state index is 13.7. The first-order chi connectivity index (χ1) is 19.2. The highest BCUT2D eigenvalue weighted by molar-refractivity contribution is 6.67. The Morgan fingerprint density at radius 1 is 0.878 bits per heavy atom. The monoisotopic (exact) mass is 694 g/mol. The van der Waals surface area contributed by atoms with E-state index < -0.39 is 49.6 Å². The van der Waals surface area contributed by atoms with E-state index in [9.17, 15) is 19.2 Å². The van der Waals surface area contributed by atoms with Crippen molar-refractivity contribution >= 4 is 116 Å². The van der Waals surface area contributed by atoms with Crippen LogP contribution >= 0.6 is 81.2 Å². The van der Waals surface area contributed by atoms with E-state index in [2.05, 4.69) is 0 Å². The van der Waals surface area contributed by atoms with E-state index in [1.807, 2.05) is 0 Å². The van der Waals surface area contributed by atoms with Crippen molar-refractivity contribution in [1.82, 2.24) is 0 Å². The van der Waals surface area contributed by atoms with Gasteiger partial charge in [-0.2, -0.15) is 0 Å². The number of hydrogen-bond acceptors (Lipinski definition) is 5. The molecule has 1 saturated carbocycles. The predicted molar refractivity (Wildman–Crippen MR) is 159 cm³/mol. The van der Waals surface area contributed by atoms with E-state index in [0.29, 0.717) is 16.3 Å². The molecule has 7 nitrogen and oxygen atoms in total. The summed E-state index contributed by atoms with van der Waals surface area (Å²) in [4.78, 5) is 51.4. The molecule has 0 spiro atoms. The van der Waals surface area contributed by atoms with Crippen LogP contribution in [0.5, 0.6) is 5.75 Å². The fourth-order valence-electron chi connectivity index (χ4n) is 6.11. The fraction of sp³-hybridized carbons (Fsp3) is 0.333. The average Bonchev–Trinajstić information content (AvgIpc) is 3.50. The molecule has 4 aliphatic rings. The summed E-state index contributed by atoms with van der Waals surface area (Å²) >= 11 is 45.3. The van der Waals surface area contributed by atoms with Gasteiger partial charge in [0, 0.05) is 23.7 Å². The van der Waals surface area contributed by atoms with Gasteiger partial charge in [0.1, 0.15) is 15.5 Å². The predicted octanol–water partition coefficient (Wildman–Crippen LogP) is 6.56. The number of amides is 3. The lowest BCUT2D eigenvalue weighted by atomic mass is 9.84. The van der Waals surface area contributed by atoms with Gasteiger partial charge in [-0.25, -0.2) is 4.90 Å². The third kappa shape index (κ3) is 3.79.